The topological polar surface area (TPSA) is 172 Å². The number of carbonyl (C=O) groups is 2. The van der Waals surface area contributed by atoms with E-state index < -0.39 is 0 Å². The van der Waals surface area contributed by atoms with Crippen molar-refractivity contribution in [3.8, 4) is 11.8 Å². The fourth-order valence-electron chi connectivity index (χ4n) is 9.86. The summed E-state index contributed by atoms with van der Waals surface area (Å²) in [6, 6.07) is 18.4. The van der Waals surface area contributed by atoms with Gasteiger partial charge in [0.1, 0.15) is 29.4 Å². The number of aromatic amines is 1. The highest BCUT2D eigenvalue weighted by Gasteiger charge is 2.64. The monoisotopic (exact) mass is 870 g/mol. The number of H-pyrrole nitrogens is 1. The third kappa shape index (κ3) is 9.22. The molecule has 4 aromatic heterocycles. The third-order valence-electron chi connectivity index (χ3n) is 13.3. The lowest BCUT2D eigenvalue weighted by Crippen LogP contribution is -2.74. The Hall–Kier alpha value is -6.04. The molecule has 1 saturated carbocycles. The van der Waals surface area contributed by atoms with Crippen LogP contribution in [-0.2, 0) is 13.0 Å². The molecular weight excluding hydrogens is 816 g/mol. The van der Waals surface area contributed by atoms with E-state index in [-0.39, 0.29) is 40.3 Å². The van der Waals surface area contributed by atoms with Gasteiger partial charge in [0.2, 0.25) is 0 Å². The minimum Gasteiger partial charge on any atom is -0.489 e. The van der Waals surface area contributed by atoms with Crippen molar-refractivity contribution < 1.29 is 14.3 Å². The van der Waals surface area contributed by atoms with Gasteiger partial charge in [-0.25, -0.2) is 9.97 Å². The smallest absolute Gasteiger partial charge is 0.269 e. The van der Waals surface area contributed by atoms with Crippen LogP contribution < -0.4 is 30.7 Å². The molecule has 2 aliphatic heterocycles. The van der Waals surface area contributed by atoms with E-state index in [1.54, 1.807) is 36.7 Å². The summed E-state index contributed by atoms with van der Waals surface area (Å²) >= 11 is 6.25. The number of halogens is 1. The average Bonchev–Trinajstić information content (AvgIpc) is 3.29. The summed E-state index contributed by atoms with van der Waals surface area (Å²) in [6.07, 6.45) is 7.61. The zero-order valence-corrected chi connectivity index (χ0v) is 37.3. The van der Waals surface area contributed by atoms with Crippen molar-refractivity contribution in [2.75, 3.05) is 55.6 Å². The van der Waals surface area contributed by atoms with E-state index in [4.69, 9.17) is 16.3 Å². The van der Waals surface area contributed by atoms with Crippen LogP contribution in [0.3, 0.4) is 0 Å². The van der Waals surface area contributed by atoms with Crippen molar-refractivity contribution in [3.63, 3.8) is 0 Å². The molecule has 0 unspecified atom stereocenters. The first-order valence-corrected chi connectivity index (χ1v) is 22.2. The molecule has 6 heterocycles. The Balaban J connectivity index is 0.754. The second-order valence-electron chi connectivity index (χ2n) is 18.3. The molecule has 0 radical (unpaired) electrons. The molecule has 0 atom stereocenters. The molecular formula is C48H55ClN10O4. The predicted octanol–water partition coefficient (Wildman–Crippen LogP) is 6.38. The largest absolute Gasteiger partial charge is 0.489 e. The Morgan fingerprint density at radius 3 is 2.30 bits per heavy atom. The second-order valence-corrected chi connectivity index (χ2v) is 18.7. The highest BCUT2D eigenvalue weighted by molar-refractivity contribution is 6.31. The van der Waals surface area contributed by atoms with Crippen LogP contribution in [0.2, 0.25) is 5.02 Å². The molecule has 63 heavy (non-hydrogen) atoms. The number of piperidine rings is 1. The van der Waals surface area contributed by atoms with Gasteiger partial charge in [-0.05, 0) is 79.3 Å². The Morgan fingerprint density at radius 1 is 0.889 bits per heavy atom. The number of nitriles is 1. The minimum atomic E-state index is -0.375. The molecule has 2 saturated heterocycles. The molecule has 1 aliphatic carbocycles. The molecule has 15 heteroatoms. The molecule has 3 N–H and O–H groups in total. The Kier molecular flexibility index (Phi) is 12.4. The zero-order valence-electron chi connectivity index (χ0n) is 36.6. The van der Waals surface area contributed by atoms with Gasteiger partial charge in [0.15, 0.2) is 0 Å². The first-order chi connectivity index (χ1) is 30.2. The molecule has 1 aromatic carbocycles. The number of piperazine rings is 1. The summed E-state index contributed by atoms with van der Waals surface area (Å²) in [6.45, 7) is 16.6. The number of hydrogen-bond acceptors (Lipinski definition) is 11. The number of aryl methyl sites for hydroxylation is 1. The first kappa shape index (κ1) is 43.6. The maximum atomic E-state index is 13.5. The number of rotatable bonds is 12. The number of hydrogen-bond donors (Lipinski definition) is 3. The molecule has 328 valence electrons. The molecule has 14 nitrogen and oxygen atoms in total. The highest BCUT2D eigenvalue weighted by Crippen LogP contribution is 2.55. The van der Waals surface area contributed by atoms with Gasteiger partial charge in [0.05, 0.1) is 39.1 Å². The molecule has 2 amide bonds. The summed E-state index contributed by atoms with van der Waals surface area (Å²) in [5.41, 5.74) is 4.88. The number of pyridine rings is 4. The molecule has 0 bridgehead atoms. The number of benzene rings is 1. The van der Waals surface area contributed by atoms with E-state index in [0.29, 0.717) is 46.5 Å². The summed E-state index contributed by atoms with van der Waals surface area (Å²) in [4.78, 5) is 62.5. The number of nitrogens with zero attached hydrogens (tertiary/aromatic N) is 7. The van der Waals surface area contributed by atoms with Crippen LogP contribution in [0.1, 0.15) is 85.0 Å². The highest BCUT2D eigenvalue weighted by atomic mass is 35.5. The van der Waals surface area contributed by atoms with Crippen LogP contribution in [0, 0.1) is 28.1 Å². The quantitative estimate of drug-likeness (QED) is 0.127. The van der Waals surface area contributed by atoms with E-state index >= 15 is 0 Å². The molecule has 8 rings (SSSR count). The van der Waals surface area contributed by atoms with E-state index in [1.807, 2.05) is 43.5 Å². The maximum Gasteiger partial charge on any atom is 0.269 e. The van der Waals surface area contributed by atoms with Crippen LogP contribution in [0.15, 0.2) is 78.0 Å². The maximum absolute atomic E-state index is 13.5. The van der Waals surface area contributed by atoms with Crippen molar-refractivity contribution in [2.24, 2.45) is 16.7 Å². The average molecular weight is 871 g/mol. The van der Waals surface area contributed by atoms with Crippen LogP contribution >= 0.6 is 11.6 Å². The van der Waals surface area contributed by atoms with Crippen LogP contribution in [0.25, 0.3) is 11.0 Å². The Morgan fingerprint density at radius 2 is 1.65 bits per heavy atom. The van der Waals surface area contributed by atoms with Gasteiger partial charge < -0.3 is 30.2 Å². The van der Waals surface area contributed by atoms with Gasteiger partial charge in [-0.3, -0.25) is 24.3 Å². The third-order valence-corrected chi connectivity index (χ3v) is 13.6. The fraction of sp³-hybridized carbons (Fsp3) is 0.438. The van der Waals surface area contributed by atoms with Crippen molar-refractivity contribution >= 4 is 46.0 Å². The summed E-state index contributed by atoms with van der Waals surface area (Å²) in [7, 11) is 0. The van der Waals surface area contributed by atoms with Crippen LogP contribution in [-0.4, -0.2) is 94.6 Å². The van der Waals surface area contributed by atoms with Crippen LogP contribution in [0.4, 0.5) is 11.5 Å². The van der Waals surface area contributed by atoms with E-state index in [2.05, 4.69) is 79.0 Å². The number of fused-ring (bicyclic) bond motifs is 1. The molecule has 5 aromatic rings. The van der Waals surface area contributed by atoms with Gasteiger partial charge in [-0.2, -0.15) is 5.26 Å². The first-order valence-electron chi connectivity index (χ1n) is 21.8. The number of carbonyl (C=O) groups excluding carboxylic acids is 2. The molecule has 0 spiro atoms. The van der Waals surface area contributed by atoms with Crippen molar-refractivity contribution in [3.05, 3.63) is 117 Å². The number of aromatic nitrogens is 4. The zero-order chi connectivity index (χ0) is 44.5. The number of amides is 2. The van der Waals surface area contributed by atoms with Gasteiger partial charge >= 0.3 is 0 Å². The predicted molar refractivity (Wildman–Crippen MR) is 244 cm³/mol. The minimum absolute atomic E-state index is 0.0510. The SMILES string of the molecule is CCc1cc2ncc(CN3CCN(c4ccc(C(=O)NCC5CCN(c6ccc(C(=O)NC7C(C)(C)C(Oc8ccc(C#N)c(Cl)c8)C7(C)C)cn6)CC5)nc4)CC3)cc2[nH]c1=O. The number of ether oxygens (including phenoxy) is 1. The summed E-state index contributed by atoms with van der Waals surface area (Å²) in [5.74, 6) is 1.39. The Labute approximate surface area is 373 Å². The lowest BCUT2D eigenvalue weighted by molar-refractivity contribution is -0.164. The van der Waals surface area contributed by atoms with Crippen LogP contribution in [0.5, 0.6) is 5.75 Å². The van der Waals surface area contributed by atoms with Gasteiger partial charge in [0, 0.05) is 93.3 Å². The normalized spacial score (nSPS) is 19.8. The summed E-state index contributed by atoms with van der Waals surface area (Å²) < 4.78 is 6.37. The van der Waals surface area contributed by atoms with E-state index in [1.165, 1.54) is 0 Å². The fourth-order valence-corrected chi connectivity index (χ4v) is 10.1. The van der Waals surface area contributed by atoms with E-state index in [0.717, 1.165) is 92.3 Å². The standard InChI is InChI=1S/C48H55ClN10O4/c1-6-32-22-39-40(55-42(32)60)21-31(26-51-39)29-57-17-19-58(20-18-57)35-9-11-38(52-28-35)44(62)54-25-30-13-15-59(16-14-30)41-12-8-34(27-53-41)43(61)56-45-47(2,3)46(48(45,4)5)63-36-10-7-33(24-50)37(49)23-36/h7-12,21-23,26-28,30,45-46H,6,13-20,25,29H2,1-5H3,(H,54,62)(H,55,60)(H,56,61). The molecule has 3 fully saturated rings. The summed E-state index contributed by atoms with van der Waals surface area (Å²) in [5, 5.41) is 15.9. The van der Waals surface area contributed by atoms with Crippen molar-refractivity contribution in [1.82, 2.24) is 35.5 Å². The molecule has 3 aliphatic rings. The Bertz CT molecular complexity index is 2560. The van der Waals surface area contributed by atoms with Gasteiger partial charge in [-0.15, -0.1) is 0 Å². The number of nitrogens with one attached hydrogen (secondary N) is 3. The number of anilines is 2. The second kappa shape index (κ2) is 18.0. The lowest BCUT2D eigenvalue weighted by Gasteiger charge is -2.63. The van der Waals surface area contributed by atoms with Gasteiger partial charge in [-0.1, -0.05) is 46.2 Å². The van der Waals surface area contributed by atoms with Crippen molar-refractivity contribution in [1.29, 1.82) is 5.26 Å². The van der Waals surface area contributed by atoms with Crippen molar-refractivity contribution in [2.45, 2.75) is 72.6 Å². The lowest BCUT2D eigenvalue weighted by atomic mass is 9.49. The van der Waals surface area contributed by atoms with Gasteiger partial charge in [0.25, 0.3) is 17.4 Å². The van der Waals surface area contributed by atoms with E-state index in [9.17, 15) is 19.6 Å².